The number of aromatic nitrogens is 1. The second kappa shape index (κ2) is 7.34. The first-order valence-corrected chi connectivity index (χ1v) is 6.17. The molecular formula is C13H20N4O3. The number of aryl methyl sites for hydroxylation is 1. The Bertz CT molecular complexity index is 551. The lowest BCUT2D eigenvalue weighted by molar-refractivity contribution is -0.122. The Hall–Kier alpha value is -2.28. The van der Waals surface area contributed by atoms with Crippen LogP contribution in [0.3, 0.4) is 0 Å². The molecule has 0 saturated carbocycles. The second-order valence-corrected chi connectivity index (χ2v) is 4.40. The summed E-state index contributed by atoms with van der Waals surface area (Å²) in [5, 5.41) is 2.64. The van der Waals surface area contributed by atoms with E-state index in [2.05, 4.69) is 17.4 Å². The molecule has 1 rings (SSSR count). The molecule has 7 nitrogen and oxygen atoms in total. The van der Waals surface area contributed by atoms with Crippen molar-refractivity contribution in [3.05, 3.63) is 40.5 Å². The molecule has 0 unspecified atom stereocenters. The molecule has 0 bridgehead atoms. The van der Waals surface area contributed by atoms with Crippen LogP contribution in [0.1, 0.15) is 12.6 Å². The average Bonchev–Trinajstić information content (AvgIpc) is 2.38. The predicted molar refractivity (Wildman–Crippen MR) is 76.8 cm³/mol. The van der Waals surface area contributed by atoms with Crippen LogP contribution < -0.4 is 22.1 Å². The Morgan fingerprint density at radius 1 is 1.50 bits per heavy atom. The monoisotopic (exact) mass is 280 g/mol. The molecule has 20 heavy (non-hydrogen) atoms. The number of carbonyl (C=O) groups excluding carboxylic acids is 1. The van der Waals surface area contributed by atoms with E-state index in [-0.39, 0.29) is 23.7 Å². The Morgan fingerprint density at radius 3 is 2.85 bits per heavy atom. The zero-order chi connectivity index (χ0) is 15.1. The van der Waals surface area contributed by atoms with Gasteiger partial charge in [0.15, 0.2) is 0 Å². The highest BCUT2D eigenvalue weighted by Gasteiger charge is 2.08. The van der Waals surface area contributed by atoms with Crippen molar-refractivity contribution in [1.29, 1.82) is 0 Å². The fourth-order valence-electron chi connectivity index (χ4n) is 1.50. The minimum atomic E-state index is -0.361. The third-order valence-corrected chi connectivity index (χ3v) is 2.50. The Morgan fingerprint density at radius 2 is 2.20 bits per heavy atom. The summed E-state index contributed by atoms with van der Waals surface area (Å²) >= 11 is 0. The number of hydroxylamine groups is 1. The van der Waals surface area contributed by atoms with Gasteiger partial charge >= 0.3 is 0 Å². The number of hydrogen-bond acceptors (Lipinski definition) is 5. The highest BCUT2D eigenvalue weighted by Crippen LogP contribution is 1.98. The molecule has 0 aliphatic carbocycles. The van der Waals surface area contributed by atoms with Crippen LogP contribution in [0.4, 0.5) is 5.69 Å². The summed E-state index contributed by atoms with van der Waals surface area (Å²) in [6.45, 7) is 7.66. The maximum Gasteiger partial charge on any atom is 0.274 e. The van der Waals surface area contributed by atoms with E-state index in [1.54, 1.807) is 19.9 Å². The summed E-state index contributed by atoms with van der Waals surface area (Å²) in [4.78, 5) is 28.5. The number of hydrogen-bond donors (Lipinski definition) is 3. The normalized spacial score (nSPS) is 10.1. The van der Waals surface area contributed by atoms with Crippen LogP contribution in [0.5, 0.6) is 0 Å². The summed E-state index contributed by atoms with van der Waals surface area (Å²) in [5.74, 6) is -0.278. The quantitative estimate of drug-likeness (QED) is 0.479. The van der Waals surface area contributed by atoms with Gasteiger partial charge in [-0.05, 0) is 26.0 Å². The molecule has 0 fully saturated rings. The van der Waals surface area contributed by atoms with E-state index in [0.717, 1.165) is 0 Å². The zero-order valence-corrected chi connectivity index (χ0v) is 11.7. The van der Waals surface area contributed by atoms with Crippen LogP contribution in [0.2, 0.25) is 0 Å². The Labute approximate surface area is 117 Å². The number of nitrogens with zero attached hydrogens (tertiary/aromatic N) is 1. The standard InChI is InChI=1S/C13H20N4O3/c1-9(2)16-20-7-6-15-12(18)8-17-10(3)4-5-11(14)13(17)19/h4-5,16H,1,6-8,14H2,2-3H3,(H,15,18). The molecule has 0 aliphatic rings. The lowest BCUT2D eigenvalue weighted by Crippen LogP contribution is -2.36. The Balaban J connectivity index is 2.45. The van der Waals surface area contributed by atoms with E-state index in [9.17, 15) is 9.59 Å². The van der Waals surface area contributed by atoms with E-state index < -0.39 is 0 Å². The van der Waals surface area contributed by atoms with Crippen LogP contribution in [-0.2, 0) is 16.2 Å². The highest BCUT2D eigenvalue weighted by atomic mass is 16.6. The van der Waals surface area contributed by atoms with Crippen molar-refractivity contribution in [2.24, 2.45) is 0 Å². The molecule has 110 valence electrons. The maximum absolute atomic E-state index is 11.8. The number of carbonyl (C=O) groups is 1. The number of anilines is 1. The lowest BCUT2D eigenvalue weighted by atomic mass is 10.3. The first-order chi connectivity index (χ1) is 9.41. The summed E-state index contributed by atoms with van der Waals surface area (Å²) in [5.41, 5.74) is 9.23. The molecule has 0 saturated heterocycles. The van der Waals surface area contributed by atoms with Crippen LogP contribution in [0, 0.1) is 6.92 Å². The topological polar surface area (TPSA) is 98.4 Å². The second-order valence-electron chi connectivity index (χ2n) is 4.40. The van der Waals surface area contributed by atoms with Gasteiger partial charge in [-0.1, -0.05) is 6.58 Å². The molecule has 7 heteroatoms. The maximum atomic E-state index is 11.8. The summed E-state index contributed by atoms with van der Waals surface area (Å²) in [6.07, 6.45) is 0. The third kappa shape index (κ3) is 4.77. The van der Waals surface area contributed by atoms with Crippen LogP contribution in [0.25, 0.3) is 0 Å². The lowest BCUT2D eigenvalue weighted by Gasteiger charge is -2.11. The number of nitrogens with two attached hydrogens (primary N) is 1. The van der Waals surface area contributed by atoms with Crippen molar-refractivity contribution < 1.29 is 9.63 Å². The molecule has 0 atom stereocenters. The first kappa shape index (κ1) is 15.8. The van der Waals surface area contributed by atoms with Gasteiger partial charge in [-0.15, -0.1) is 0 Å². The molecule has 0 radical (unpaired) electrons. The van der Waals surface area contributed by atoms with Crippen LogP contribution in [-0.4, -0.2) is 23.6 Å². The van der Waals surface area contributed by atoms with Crippen LogP contribution in [0.15, 0.2) is 29.2 Å². The number of rotatable bonds is 7. The number of nitrogens with one attached hydrogen (secondary N) is 2. The van der Waals surface area contributed by atoms with Crippen molar-refractivity contribution in [1.82, 2.24) is 15.4 Å². The van der Waals surface area contributed by atoms with Gasteiger partial charge in [-0.2, -0.15) is 0 Å². The summed E-state index contributed by atoms with van der Waals surface area (Å²) < 4.78 is 1.33. The van der Waals surface area contributed by atoms with Crippen molar-refractivity contribution in [2.45, 2.75) is 20.4 Å². The van der Waals surface area contributed by atoms with Crippen molar-refractivity contribution in [2.75, 3.05) is 18.9 Å². The third-order valence-electron chi connectivity index (χ3n) is 2.50. The molecule has 0 spiro atoms. The fourth-order valence-corrected chi connectivity index (χ4v) is 1.50. The molecule has 0 aromatic carbocycles. The van der Waals surface area contributed by atoms with Crippen molar-refractivity contribution >= 4 is 11.6 Å². The van der Waals surface area contributed by atoms with E-state index in [0.29, 0.717) is 24.5 Å². The average molecular weight is 280 g/mol. The fraction of sp³-hybridized carbons (Fsp3) is 0.385. The summed E-state index contributed by atoms with van der Waals surface area (Å²) in [6, 6.07) is 3.23. The van der Waals surface area contributed by atoms with E-state index in [1.165, 1.54) is 10.6 Å². The smallest absolute Gasteiger partial charge is 0.274 e. The molecule has 1 aromatic rings. The number of amides is 1. The Kier molecular flexibility index (Phi) is 5.79. The summed E-state index contributed by atoms with van der Waals surface area (Å²) in [7, 11) is 0. The van der Waals surface area contributed by atoms with Gasteiger partial charge in [0.1, 0.15) is 6.54 Å². The predicted octanol–water partition coefficient (Wildman–Crippen LogP) is -0.0901. The van der Waals surface area contributed by atoms with Gasteiger partial charge in [0.25, 0.3) is 5.56 Å². The minimum absolute atomic E-state index is 0.0659. The molecule has 4 N–H and O–H groups in total. The van der Waals surface area contributed by atoms with Gasteiger partial charge in [0.05, 0.1) is 12.3 Å². The molecule has 0 aliphatic heterocycles. The molecule has 1 heterocycles. The van der Waals surface area contributed by atoms with Crippen molar-refractivity contribution in [3.8, 4) is 0 Å². The van der Waals surface area contributed by atoms with E-state index in [1.807, 2.05) is 0 Å². The highest BCUT2D eigenvalue weighted by molar-refractivity contribution is 5.75. The molecular weight excluding hydrogens is 260 g/mol. The van der Waals surface area contributed by atoms with Gasteiger partial charge in [0.2, 0.25) is 5.91 Å². The molecule has 1 amide bonds. The minimum Gasteiger partial charge on any atom is -0.394 e. The zero-order valence-electron chi connectivity index (χ0n) is 11.7. The van der Waals surface area contributed by atoms with Crippen molar-refractivity contribution in [3.63, 3.8) is 0 Å². The number of nitrogen functional groups attached to an aromatic ring is 1. The number of pyridine rings is 1. The van der Waals surface area contributed by atoms with E-state index in [4.69, 9.17) is 10.6 Å². The SMILES string of the molecule is C=C(C)NOCCNC(=O)Cn1c(C)ccc(N)c1=O. The van der Waals surface area contributed by atoms with Gasteiger partial charge in [-0.3, -0.25) is 19.9 Å². The van der Waals surface area contributed by atoms with Gasteiger partial charge in [-0.25, -0.2) is 0 Å². The van der Waals surface area contributed by atoms with Gasteiger partial charge in [0, 0.05) is 17.9 Å². The molecule has 1 aromatic heterocycles. The van der Waals surface area contributed by atoms with Gasteiger partial charge < -0.3 is 15.6 Å². The largest absolute Gasteiger partial charge is 0.394 e. The van der Waals surface area contributed by atoms with E-state index >= 15 is 0 Å². The first-order valence-electron chi connectivity index (χ1n) is 6.17. The van der Waals surface area contributed by atoms with Crippen LogP contribution >= 0.6 is 0 Å². The number of allylic oxidation sites excluding steroid dienone is 1.